The first-order valence-electron chi connectivity index (χ1n) is 12.1. The predicted molar refractivity (Wildman–Crippen MR) is 146 cm³/mol. The van der Waals surface area contributed by atoms with Crippen LogP contribution in [0, 0.1) is 5.82 Å². The molecule has 204 valence electrons. The Labute approximate surface area is 225 Å². The summed E-state index contributed by atoms with van der Waals surface area (Å²) >= 11 is 1.39. The van der Waals surface area contributed by atoms with E-state index in [0.717, 1.165) is 5.01 Å². The molecule has 1 aliphatic carbocycles. The van der Waals surface area contributed by atoms with Crippen LogP contribution in [0.4, 0.5) is 20.8 Å². The molecule has 4 rings (SSSR count). The van der Waals surface area contributed by atoms with E-state index in [-0.39, 0.29) is 22.7 Å². The molecule has 1 saturated carbocycles. The number of anilines is 2. The summed E-state index contributed by atoms with van der Waals surface area (Å²) in [6, 6.07) is 6.05. The summed E-state index contributed by atoms with van der Waals surface area (Å²) in [6.45, 7) is 8.19. The number of halogens is 1. The monoisotopic (exact) mass is 562 g/mol. The zero-order valence-electron chi connectivity index (χ0n) is 21.8. The first kappa shape index (κ1) is 27.7. The molecule has 0 spiro atoms. The van der Waals surface area contributed by atoms with Gasteiger partial charge in [0, 0.05) is 29.8 Å². The standard InChI is InChI=1S/C25H31FN6O4S2/c1-14(29-24(33)36-5)13-28-23-27-12-11-18(30-23)21-20(31-22(37-21)25(2,3)4)16-7-6-8-17(19(16)26)32-38(34,35)15-9-10-15/h6-8,11-12,14-15,32H,9-10,13H2,1-5H3,(H,29,33)(H,27,28,30)/t14-/m0/s1. The lowest BCUT2D eigenvalue weighted by Crippen LogP contribution is -2.37. The Morgan fingerprint density at radius 2 is 1.97 bits per heavy atom. The number of hydrogen-bond acceptors (Lipinski definition) is 9. The highest BCUT2D eigenvalue weighted by atomic mass is 32.2. The fraction of sp³-hybridized carbons (Fsp3) is 0.440. The van der Waals surface area contributed by atoms with E-state index in [1.165, 1.54) is 24.5 Å². The normalized spacial score (nSPS) is 14.6. The number of amides is 1. The molecule has 0 radical (unpaired) electrons. The van der Waals surface area contributed by atoms with Crippen molar-refractivity contribution >= 4 is 39.1 Å². The van der Waals surface area contributed by atoms with Crippen molar-refractivity contribution < 1.29 is 22.3 Å². The maximum absolute atomic E-state index is 15.7. The van der Waals surface area contributed by atoms with E-state index in [0.29, 0.717) is 41.6 Å². The Kier molecular flexibility index (Phi) is 7.88. The van der Waals surface area contributed by atoms with Crippen LogP contribution >= 0.6 is 11.3 Å². The van der Waals surface area contributed by atoms with Gasteiger partial charge < -0.3 is 15.4 Å². The number of nitrogens with one attached hydrogen (secondary N) is 3. The van der Waals surface area contributed by atoms with Gasteiger partial charge in [0.1, 0.15) is 0 Å². The van der Waals surface area contributed by atoms with Gasteiger partial charge in [0.2, 0.25) is 16.0 Å². The Morgan fingerprint density at radius 1 is 1.24 bits per heavy atom. The molecular formula is C25H31FN6O4S2. The summed E-state index contributed by atoms with van der Waals surface area (Å²) in [5.41, 5.74) is 0.648. The second-order valence-electron chi connectivity index (χ2n) is 10.1. The van der Waals surface area contributed by atoms with Crippen molar-refractivity contribution in [1.29, 1.82) is 0 Å². The van der Waals surface area contributed by atoms with Crippen LogP contribution in [0.3, 0.4) is 0 Å². The molecule has 1 atom stereocenters. The molecule has 0 unspecified atom stereocenters. The number of benzene rings is 1. The average molecular weight is 563 g/mol. The minimum Gasteiger partial charge on any atom is -0.453 e. The van der Waals surface area contributed by atoms with Gasteiger partial charge in [-0.3, -0.25) is 4.72 Å². The quantitative estimate of drug-likeness (QED) is 0.340. The van der Waals surface area contributed by atoms with Crippen molar-refractivity contribution in [3.8, 4) is 21.8 Å². The largest absolute Gasteiger partial charge is 0.453 e. The molecule has 1 aromatic carbocycles. The fourth-order valence-corrected chi connectivity index (χ4v) is 6.03. The number of alkyl carbamates (subject to hydrolysis) is 1. The second kappa shape index (κ2) is 10.8. The Hall–Kier alpha value is -3.32. The molecule has 2 heterocycles. The van der Waals surface area contributed by atoms with Crippen molar-refractivity contribution in [1.82, 2.24) is 20.3 Å². The van der Waals surface area contributed by atoms with Crippen LogP contribution in [0.1, 0.15) is 45.5 Å². The molecule has 10 nitrogen and oxygen atoms in total. The third kappa shape index (κ3) is 6.38. The van der Waals surface area contributed by atoms with Crippen molar-refractivity contribution in [3.63, 3.8) is 0 Å². The number of rotatable bonds is 9. The van der Waals surface area contributed by atoms with Crippen LogP contribution < -0.4 is 15.4 Å². The summed E-state index contributed by atoms with van der Waals surface area (Å²) in [5, 5.41) is 6.03. The first-order valence-corrected chi connectivity index (χ1v) is 14.5. The number of sulfonamides is 1. The van der Waals surface area contributed by atoms with Crippen LogP contribution in [-0.2, 0) is 20.2 Å². The highest BCUT2D eigenvalue weighted by Gasteiger charge is 2.36. The molecule has 1 fully saturated rings. The molecule has 0 saturated heterocycles. The minimum absolute atomic E-state index is 0.109. The minimum atomic E-state index is -3.64. The van der Waals surface area contributed by atoms with Crippen LogP contribution in [0.15, 0.2) is 30.5 Å². The fourth-order valence-electron chi connectivity index (χ4n) is 3.53. The molecule has 2 aromatic heterocycles. The lowest BCUT2D eigenvalue weighted by molar-refractivity contribution is 0.168. The molecular weight excluding hydrogens is 531 g/mol. The Morgan fingerprint density at radius 3 is 2.63 bits per heavy atom. The van der Waals surface area contributed by atoms with Crippen LogP contribution in [0.5, 0.6) is 0 Å². The smallest absolute Gasteiger partial charge is 0.407 e. The second-order valence-corrected chi connectivity index (χ2v) is 13.1. The summed E-state index contributed by atoms with van der Waals surface area (Å²) in [4.78, 5) is 25.7. The number of nitrogens with zero attached hydrogens (tertiary/aromatic N) is 3. The van der Waals surface area contributed by atoms with E-state index in [4.69, 9.17) is 4.98 Å². The van der Waals surface area contributed by atoms with Gasteiger partial charge in [0.15, 0.2) is 5.82 Å². The van der Waals surface area contributed by atoms with E-state index in [9.17, 15) is 13.2 Å². The number of ether oxygens (including phenoxy) is 1. The number of methoxy groups -OCH3 is 1. The summed E-state index contributed by atoms with van der Waals surface area (Å²) < 4.78 is 47.7. The predicted octanol–water partition coefficient (Wildman–Crippen LogP) is 4.76. The van der Waals surface area contributed by atoms with Gasteiger partial charge >= 0.3 is 6.09 Å². The summed E-state index contributed by atoms with van der Waals surface area (Å²) in [5.74, 6) is -0.372. The zero-order valence-corrected chi connectivity index (χ0v) is 23.5. The number of aromatic nitrogens is 3. The van der Waals surface area contributed by atoms with Crippen molar-refractivity contribution in [3.05, 3.63) is 41.3 Å². The molecule has 0 bridgehead atoms. The van der Waals surface area contributed by atoms with E-state index in [2.05, 4.69) is 30.1 Å². The maximum Gasteiger partial charge on any atom is 0.407 e. The molecule has 38 heavy (non-hydrogen) atoms. The summed E-state index contributed by atoms with van der Waals surface area (Å²) in [6.07, 6.45) is 2.19. The lowest BCUT2D eigenvalue weighted by atomic mass is 9.98. The van der Waals surface area contributed by atoms with Gasteiger partial charge in [-0.05, 0) is 38.0 Å². The number of thiazole rings is 1. The lowest BCUT2D eigenvalue weighted by Gasteiger charge is -2.14. The van der Waals surface area contributed by atoms with Crippen molar-refractivity contribution in [2.45, 2.75) is 57.2 Å². The number of carbonyl (C=O) groups excluding carboxylic acids is 1. The van der Waals surface area contributed by atoms with E-state index in [1.54, 1.807) is 31.3 Å². The van der Waals surface area contributed by atoms with E-state index < -0.39 is 27.2 Å². The molecule has 3 N–H and O–H groups in total. The molecule has 1 aliphatic rings. The van der Waals surface area contributed by atoms with Gasteiger partial charge in [-0.2, -0.15) is 0 Å². The number of hydrogen-bond donors (Lipinski definition) is 3. The van der Waals surface area contributed by atoms with Crippen LogP contribution in [0.25, 0.3) is 21.8 Å². The molecule has 3 aromatic rings. The first-order chi connectivity index (χ1) is 17.9. The maximum atomic E-state index is 15.7. The number of carbonyl (C=O) groups is 1. The highest BCUT2D eigenvalue weighted by Crippen LogP contribution is 2.42. The van der Waals surface area contributed by atoms with Crippen molar-refractivity contribution in [2.24, 2.45) is 0 Å². The van der Waals surface area contributed by atoms with Gasteiger partial charge in [0.05, 0.1) is 39.3 Å². The zero-order chi connectivity index (χ0) is 27.7. The third-order valence-electron chi connectivity index (χ3n) is 5.74. The Bertz CT molecular complexity index is 1430. The molecule has 13 heteroatoms. The van der Waals surface area contributed by atoms with Crippen molar-refractivity contribution in [2.75, 3.05) is 23.7 Å². The third-order valence-corrected chi connectivity index (χ3v) is 9.10. The van der Waals surface area contributed by atoms with Gasteiger partial charge in [0.25, 0.3) is 0 Å². The summed E-state index contributed by atoms with van der Waals surface area (Å²) in [7, 11) is -2.35. The SMILES string of the molecule is COC(=O)N[C@@H](C)CNc1nccc(-c2sc(C(C)(C)C)nc2-c2cccc(NS(=O)(=O)C3CC3)c2F)n1. The molecule has 0 aliphatic heterocycles. The van der Waals surface area contributed by atoms with E-state index >= 15 is 4.39 Å². The van der Waals surface area contributed by atoms with Crippen LogP contribution in [-0.4, -0.2) is 54.4 Å². The topological polar surface area (TPSA) is 135 Å². The molecule has 1 amide bonds. The average Bonchev–Trinajstić information content (AvgIpc) is 3.63. The van der Waals surface area contributed by atoms with Gasteiger partial charge in [-0.25, -0.2) is 32.6 Å². The highest BCUT2D eigenvalue weighted by molar-refractivity contribution is 7.93. The Balaban J connectivity index is 1.69. The van der Waals surface area contributed by atoms with E-state index in [1.807, 2.05) is 20.8 Å². The van der Waals surface area contributed by atoms with Crippen LogP contribution in [0.2, 0.25) is 0 Å². The van der Waals surface area contributed by atoms with Gasteiger partial charge in [-0.1, -0.05) is 26.8 Å². The van der Waals surface area contributed by atoms with Gasteiger partial charge in [-0.15, -0.1) is 11.3 Å².